The number of benzene rings is 1. The molecule has 0 bridgehead atoms. The maximum absolute atomic E-state index is 11.1. The van der Waals surface area contributed by atoms with Crippen molar-refractivity contribution in [3.8, 4) is 11.5 Å². The Bertz CT molecular complexity index is 684. The summed E-state index contributed by atoms with van der Waals surface area (Å²) in [5.41, 5.74) is 2.46. The van der Waals surface area contributed by atoms with Crippen molar-refractivity contribution < 1.29 is 19.4 Å². The first-order chi connectivity index (χ1) is 10.1. The summed E-state index contributed by atoms with van der Waals surface area (Å²) >= 11 is 0. The lowest BCUT2D eigenvalue weighted by atomic mass is 10.1. The number of ether oxygens (including phenoxy) is 2. The molecule has 5 nitrogen and oxygen atoms in total. The number of carbonyl (C=O) groups is 1. The van der Waals surface area contributed by atoms with Gasteiger partial charge < -0.3 is 14.6 Å². The van der Waals surface area contributed by atoms with Crippen molar-refractivity contribution in [2.45, 2.75) is 19.4 Å². The van der Waals surface area contributed by atoms with Crippen molar-refractivity contribution in [1.29, 1.82) is 0 Å². The lowest BCUT2D eigenvalue weighted by Gasteiger charge is -2.13. The smallest absolute Gasteiger partial charge is 0.339 e. The van der Waals surface area contributed by atoms with Crippen molar-refractivity contribution in [3.63, 3.8) is 0 Å². The van der Waals surface area contributed by atoms with Crippen LogP contribution in [0.2, 0.25) is 0 Å². The first kappa shape index (κ1) is 13.4. The van der Waals surface area contributed by atoms with E-state index in [2.05, 4.69) is 11.1 Å². The molecule has 5 heteroatoms. The molecule has 0 saturated heterocycles. The van der Waals surface area contributed by atoms with E-state index in [9.17, 15) is 4.79 Å². The average Bonchev–Trinajstić information content (AvgIpc) is 2.87. The van der Waals surface area contributed by atoms with E-state index in [1.807, 2.05) is 19.1 Å². The van der Waals surface area contributed by atoms with Gasteiger partial charge in [0.1, 0.15) is 24.0 Å². The molecule has 0 radical (unpaired) electrons. The predicted molar refractivity (Wildman–Crippen MR) is 76.0 cm³/mol. The monoisotopic (exact) mass is 285 g/mol. The Morgan fingerprint density at radius 2 is 2.33 bits per heavy atom. The zero-order valence-electron chi connectivity index (χ0n) is 11.6. The molecule has 0 spiro atoms. The molecule has 1 unspecified atom stereocenters. The molecular weight excluding hydrogens is 270 g/mol. The van der Waals surface area contributed by atoms with Gasteiger partial charge in [-0.15, -0.1) is 0 Å². The maximum atomic E-state index is 11.1. The molecule has 3 rings (SSSR count). The first-order valence-electron chi connectivity index (χ1n) is 6.70. The van der Waals surface area contributed by atoms with E-state index in [4.69, 9.17) is 14.6 Å². The fraction of sp³-hybridized carbons (Fsp3) is 0.250. The second-order valence-corrected chi connectivity index (χ2v) is 5.04. The zero-order valence-corrected chi connectivity index (χ0v) is 11.6. The molecular formula is C16H15NO4. The van der Waals surface area contributed by atoms with Crippen LogP contribution in [-0.4, -0.2) is 28.8 Å². The Kier molecular flexibility index (Phi) is 3.48. The minimum absolute atomic E-state index is 0.108. The van der Waals surface area contributed by atoms with E-state index < -0.39 is 5.97 Å². The highest BCUT2D eigenvalue weighted by atomic mass is 16.5. The number of carboxylic acids is 1. The second-order valence-electron chi connectivity index (χ2n) is 5.04. The van der Waals surface area contributed by atoms with Gasteiger partial charge in [-0.1, -0.05) is 17.7 Å². The molecule has 1 atom stereocenters. The van der Waals surface area contributed by atoms with Crippen LogP contribution in [0.5, 0.6) is 11.5 Å². The third-order valence-corrected chi connectivity index (χ3v) is 3.40. The molecule has 0 aliphatic carbocycles. The Morgan fingerprint density at radius 3 is 3.14 bits per heavy atom. The van der Waals surface area contributed by atoms with Gasteiger partial charge in [0.05, 0.1) is 6.20 Å². The van der Waals surface area contributed by atoms with Gasteiger partial charge in [0.2, 0.25) is 0 Å². The van der Waals surface area contributed by atoms with Crippen LogP contribution in [0.25, 0.3) is 0 Å². The van der Waals surface area contributed by atoms with Gasteiger partial charge in [0.15, 0.2) is 5.75 Å². The zero-order chi connectivity index (χ0) is 14.8. The maximum Gasteiger partial charge on any atom is 0.339 e. The van der Waals surface area contributed by atoms with Crippen LogP contribution in [-0.2, 0) is 6.42 Å². The number of hydrogen-bond donors (Lipinski definition) is 1. The van der Waals surface area contributed by atoms with Crippen LogP contribution in [0, 0.1) is 6.92 Å². The summed E-state index contributed by atoms with van der Waals surface area (Å²) in [5, 5.41) is 9.09. The van der Waals surface area contributed by atoms with Gasteiger partial charge in [0.25, 0.3) is 0 Å². The van der Waals surface area contributed by atoms with E-state index >= 15 is 0 Å². The molecule has 2 heterocycles. The van der Waals surface area contributed by atoms with Gasteiger partial charge in [0, 0.05) is 12.6 Å². The minimum atomic E-state index is -1.03. The third kappa shape index (κ3) is 2.81. The normalized spacial score (nSPS) is 16.1. The van der Waals surface area contributed by atoms with E-state index in [1.165, 1.54) is 24.0 Å². The van der Waals surface area contributed by atoms with Gasteiger partial charge in [-0.25, -0.2) is 4.79 Å². The Hall–Kier alpha value is -2.56. The van der Waals surface area contributed by atoms with Crippen LogP contribution in [0.3, 0.4) is 0 Å². The largest absolute Gasteiger partial charge is 0.487 e. The number of rotatable bonds is 4. The van der Waals surface area contributed by atoms with E-state index in [0.717, 1.165) is 17.7 Å². The van der Waals surface area contributed by atoms with Gasteiger partial charge in [-0.2, -0.15) is 0 Å². The van der Waals surface area contributed by atoms with Crippen LogP contribution >= 0.6 is 0 Å². The molecule has 1 aromatic heterocycles. The molecule has 1 aliphatic rings. The fourth-order valence-corrected chi connectivity index (χ4v) is 2.40. The van der Waals surface area contributed by atoms with E-state index in [1.54, 1.807) is 0 Å². The van der Waals surface area contributed by atoms with Gasteiger partial charge in [-0.3, -0.25) is 4.98 Å². The van der Waals surface area contributed by atoms with E-state index in [-0.39, 0.29) is 17.4 Å². The van der Waals surface area contributed by atoms with Crippen LogP contribution < -0.4 is 9.47 Å². The lowest BCUT2D eigenvalue weighted by Crippen LogP contribution is -2.23. The molecule has 2 aromatic rings. The fourth-order valence-electron chi connectivity index (χ4n) is 2.40. The van der Waals surface area contributed by atoms with Gasteiger partial charge >= 0.3 is 5.97 Å². The summed E-state index contributed by atoms with van der Waals surface area (Å²) in [7, 11) is 0. The SMILES string of the molecule is Cc1ccc2c(c1)CC(COc1cnccc1C(=O)O)O2. The van der Waals surface area contributed by atoms with Crippen molar-refractivity contribution >= 4 is 5.97 Å². The number of pyridine rings is 1. The second kappa shape index (κ2) is 5.44. The van der Waals surface area contributed by atoms with Crippen LogP contribution in [0.1, 0.15) is 21.5 Å². The number of fused-ring (bicyclic) bond motifs is 1. The number of hydrogen-bond acceptors (Lipinski definition) is 4. The number of carboxylic acid groups (broad SMARTS) is 1. The third-order valence-electron chi connectivity index (χ3n) is 3.40. The Morgan fingerprint density at radius 1 is 1.48 bits per heavy atom. The van der Waals surface area contributed by atoms with Crippen LogP contribution in [0.4, 0.5) is 0 Å². The number of nitrogens with zero attached hydrogens (tertiary/aromatic N) is 1. The molecule has 21 heavy (non-hydrogen) atoms. The summed E-state index contributed by atoms with van der Waals surface area (Å²) in [5.74, 6) is 0.109. The van der Waals surface area contributed by atoms with Crippen molar-refractivity contribution in [2.24, 2.45) is 0 Å². The summed E-state index contributed by atoms with van der Waals surface area (Å²) in [6, 6.07) is 7.48. The molecule has 108 valence electrons. The number of aromatic nitrogens is 1. The highest BCUT2D eigenvalue weighted by Crippen LogP contribution is 2.30. The van der Waals surface area contributed by atoms with E-state index in [0.29, 0.717) is 6.61 Å². The van der Waals surface area contributed by atoms with Crippen molar-refractivity contribution in [3.05, 3.63) is 53.3 Å². The first-order valence-corrected chi connectivity index (χ1v) is 6.70. The molecule has 0 saturated carbocycles. The number of aromatic carboxylic acids is 1. The van der Waals surface area contributed by atoms with Crippen molar-refractivity contribution in [2.75, 3.05) is 6.61 Å². The molecule has 1 N–H and O–H groups in total. The van der Waals surface area contributed by atoms with Gasteiger partial charge in [-0.05, 0) is 24.6 Å². The Labute approximate surface area is 122 Å². The molecule has 1 aliphatic heterocycles. The summed E-state index contributed by atoms with van der Waals surface area (Å²) in [6.45, 7) is 2.33. The lowest BCUT2D eigenvalue weighted by molar-refractivity contribution is 0.0688. The quantitative estimate of drug-likeness (QED) is 0.934. The molecule has 0 fully saturated rings. The summed E-state index contributed by atoms with van der Waals surface area (Å²) in [4.78, 5) is 15.0. The number of aryl methyl sites for hydroxylation is 1. The van der Waals surface area contributed by atoms with Crippen molar-refractivity contribution in [1.82, 2.24) is 4.98 Å². The topological polar surface area (TPSA) is 68.7 Å². The Balaban J connectivity index is 1.67. The standard InChI is InChI=1S/C16H15NO4/c1-10-2-3-14-11(6-10)7-12(21-14)9-20-15-8-17-5-4-13(15)16(18)19/h2-6,8,12H,7,9H2,1H3,(H,18,19). The minimum Gasteiger partial charge on any atom is -0.487 e. The summed E-state index contributed by atoms with van der Waals surface area (Å²) < 4.78 is 11.4. The molecule has 1 aromatic carbocycles. The highest BCUT2D eigenvalue weighted by molar-refractivity contribution is 5.90. The van der Waals surface area contributed by atoms with Crippen LogP contribution in [0.15, 0.2) is 36.7 Å². The summed E-state index contributed by atoms with van der Waals surface area (Å²) in [6.07, 6.45) is 3.50. The average molecular weight is 285 g/mol. The molecule has 0 amide bonds. The highest BCUT2D eigenvalue weighted by Gasteiger charge is 2.24. The predicted octanol–water partition coefficient (Wildman–Crippen LogP) is 2.47.